The monoisotopic (exact) mass is 249 g/mol. The van der Waals surface area contributed by atoms with Crippen LogP contribution in [0.4, 0.5) is 4.79 Å². The van der Waals surface area contributed by atoms with Gasteiger partial charge in [0.2, 0.25) is 5.91 Å². The summed E-state index contributed by atoms with van der Waals surface area (Å²) in [5, 5.41) is 16.5. The maximum atomic E-state index is 11.2. The zero-order valence-electron chi connectivity index (χ0n) is 9.58. The van der Waals surface area contributed by atoms with E-state index >= 15 is 0 Å². The van der Waals surface area contributed by atoms with Crippen molar-refractivity contribution in [3.05, 3.63) is 23.8 Å². The van der Waals surface area contributed by atoms with Gasteiger partial charge in [-0.1, -0.05) is 0 Å². The minimum Gasteiger partial charge on any atom is -0.504 e. The molecule has 0 bridgehead atoms. The zero-order valence-corrected chi connectivity index (χ0v) is 9.58. The average Bonchev–Trinajstić information content (AvgIpc) is 2.65. The molecule has 1 aromatic carbocycles. The lowest BCUT2D eigenvalue weighted by Crippen LogP contribution is -2.24. The molecule has 0 spiro atoms. The van der Waals surface area contributed by atoms with Crippen LogP contribution in [0.3, 0.4) is 0 Å². The van der Waals surface area contributed by atoms with Crippen LogP contribution in [0, 0.1) is 0 Å². The Kier molecular flexibility index (Phi) is 3.13. The number of hydrogen-bond donors (Lipinski definition) is 2. The Morgan fingerprint density at radius 3 is 2.83 bits per heavy atom. The summed E-state index contributed by atoms with van der Waals surface area (Å²) in [4.78, 5) is 22.1. The Hall–Kier alpha value is -2.57. The van der Waals surface area contributed by atoms with E-state index in [0.717, 1.165) is 5.01 Å². The molecule has 94 valence electrons. The minimum atomic E-state index is -0.561. The second-order valence-corrected chi connectivity index (χ2v) is 3.59. The number of ether oxygens (including phenoxy) is 1. The van der Waals surface area contributed by atoms with Crippen molar-refractivity contribution in [2.24, 2.45) is 5.10 Å². The van der Waals surface area contributed by atoms with Crippen LogP contribution < -0.4 is 10.1 Å². The molecule has 0 aromatic heterocycles. The number of methoxy groups -OCH3 is 1. The molecule has 1 fully saturated rings. The Morgan fingerprint density at radius 1 is 1.50 bits per heavy atom. The molecule has 3 amide bonds. The molecule has 0 saturated carbocycles. The first-order valence-corrected chi connectivity index (χ1v) is 5.12. The van der Waals surface area contributed by atoms with Gasteiger partial charge in [0.25, 0.3) is 0 Å². The molecule has 7 heteroatoms. The predicted octanol–water partition coefficient (Wildman–Crippen LogP) is 0.286. The second-order valence-electron chi connectivity index (χ2n) is 3.59. The normalized spacial score (nSPS) is 15.3. The van der Waals surface area contributed by atoms with Crippen LogP contribution in [0.5, 0.6) is 11.5 Å². The number of nitrogens with one attached hydrogen (secondary N) is 1. The molecular weight excluding hydrogens is 238 g/mol. The molecule has 1 heterocycles. The highest BCUT2D eigenvalue weighted by molar-refractivity contribution is 6.02. The largest absolute Gasteiger partial charge is 0.504 e. The van der Waals surface area contributed by atoms with Crippen molar-refractivity contribution in [2.45, 2.75) is 0 Å². The summed E-state index contributed by atoms with van der Waals surface area (Å²) in [5.74, 6) is -0.0700. The van der Waals surface area contributed by atoms with E-state index in [1.807, 2.05) is 0 Å². The number of hydrogen-bond acceptors (Lipinski definition) is 5. The van der Waals surface area contributed by atoms with E-state index < -0.39 is 11.9 Å². The lowest BCUT2D eigenvalue weighted by atomic mass is 10.2. The first-order valence-electron chi connectivity index (χ1n) is 5.12. The molecule has 1 saturated heterocycles. The molecule has 1 aromatic rings. The third kappa shape index (κ3) is 2.40. The molecule has 2 rings (SSSR count). The minimum absolute atomic E-state index is 0.0246. The van der Waals surface area contributed by atoms with Crippen molar-refractivity contribution >= 4 is 18.2 Å². The average molecular weight is 249 g/mol. The van der Waals surface area contributed by atoms with Gasteiger partial charge >= 0.3 is 6.03 Å². The number of benzene rings is 1. The van der Waals surface area contributed by atoms with Crippen molar-refractivity contribution in [1.82, 2.24) is 10.3 Å². The van der Waals surface area contributed by atoms with E-state index in [0.29, 0.717) is 11.3 Å². The fraction of sp³-hybridized carbons (Fsp3) is 0.182. The first kappa shape index (κ1) is 11.9. The zero-order chi connectivity index (χ0) is 13.1. The Balaban J connectivity index is 2.12. The first-order chi connectivity index (χ1) is 8.60. The molecule has 0 unspecified atom stereocenters. The number of urea groups is 1. The van der Waals surface area contributed by atoms with Gasteiger partial charge in [0.15, 0.2) is 11.5 Å². The number of imide groups is 1. The lowest BCUT2D eigenvalue weighted by Gasteiger charge is -2.05. The van der Waals surface area contributed by atoms with E-state index in [4.69, 9.17) is 4.74 Å². The number of aromatic hydroxyl groups is 1. The van der Waals surface area contributed by atoms with Crippen LogP contribution >= 0.6 is 0 Å². The molecule has 18 heavy (non-hydrogen) atoms. The van der Waals surface area contributed by atoms with Gasteiger partial charge in [0, 0.05) is 0 Å². The molecule has 0 radical (unpaired) electrons. The fourth-order valence-electron chi connectivity index (χ4n) is 1.45. The summed E-state index contributed by atoms with van der Waals surface area (Å²) in [6.07, 6.45) is 1.37. The summed E-state index contributed by atoms with van der Waals surface area (Å²) in [5.41, 5.74) is 0.584. The van der Waals surface area contributed by atoms with Crippen molar-refractivity contribution in [3.63, 3.8) is 0 Å². The molecule has 1 aliphatic rings. The fourth-order valence-corrected chi connectivity index (χ4v) is 1.45. The number of hydrazone groups is 1. The Morgan fingerprint density at radius 2 is 2.28 bits per heavy atom. The highest BCUT2D eigenvalue weighted by atomic mass is 16.5. The maximum absolute atomic E-state index is 11.2. The summed E-state index contributed by atoms with van der Waals surface area (Å²) >= 11 is 0. The van der Waals surface area contributed by atoms with Crippen molar-refractivity contribution in [2.75, 3.05) is 13.7 Å². The van der Waals surface area contributed by atoms with Crippen LogP contribution in [0.1, 0.15) is 5.56 Å². The van der Waals surface area contributed by atoms with Gasteiger partial charge in [-0.05, 0) is 23.8 Å². The molecule has 2 N–H and O–H groups in total. The molecule has 0 aliphatic carbocycles. The lowest BCUT2D eigenvalue weighted by molar-refractivity contribution is -0.118. The summed E-state index contributed by atoms with van der Waals surface area (Å²) in [6, 6.07) is 4.12. The van der Waals surface area contributed by atoms with E-state index in [9.17, 15) is 14.7 Å². The number of phenolic OH excluding ortho intramolecular Hbond substituents is 1. The molecule has 1 aliphatic heterocycles. The summed E-state index contributed by atoms with van der Waals surface area (Å²) in [7, 11) is 1.45. The van der Waals surface area contributed by atoms with Crippen LogP contribution in [0.25, 0.3) is 0 Å². The van der Waals surface area contributed by atoms with E-state index in [1.54, 1.807) is 12.1 Å². The smallest absolute Gasteiger partial charge is 0.344 e. The highest BCUT2D eigenvalue weighted by Gasteiger charge is 2.25. The van der Waals surface area contributed by atoms with Crippen LogP contribution in [0.15, 0.2) is 23.3 Å². The number of amides is 3. The maximum Gasteiger partial charge on any atom is 0.344 e. The van der Waals surface area contributed by atoms with Gasteiger partial charge in [0.05, 0.1) is 13.3 Å². The molecular formula is C11H11N3O4. The quantitative estimate of drug-likeness (QED) is 0.594. The van der Waals surface area contributed by atoms with E-state index in [2.05, 4.69) is 10.4 Å². The highest BCUT2D eigenvalue weighted by Crippen LogP contribution is 2.25. The van der Waals surface area contributed by atoms with Gasteiger partial charge in [-0.2, -0.15) is 5.10 Å². The van der Waals surface area contributed by atoms with Crippen LogP contribution in [-0.4, -0.2) is 41.9 Å². The topological polar surface area (TPSA) is 91.2 Å². The summed E-state index contributed by atoms with van der Waals surface area (Å²) < 4.78 is 4.90. The summed E-state index contributed by atoms with van der Waals surface area (Å²) in [6.45, 7) is -0.0997. The van der Waals surface area contributed by atoms with Crippen LogP contribution in [0.2, 0.25) is 0 Å². The van der Waals surface area contributed by atoms with Gasteiger partial charge in [-0.25, -0.2) is 9.80 Å². The Labute approximate surface area is 103 Å². The number of nitrogens with zero attached hydrogens (tertiary/aromatic N) is 2. The van der Waals surface area contributed by atoms with Crippen molar-refractivity contribution < 1.29 is 19.4 Å². The Bertz CT molecular complexity index is 527. The van der Waals surface area contributed by atoms with Gasteiger partial charge in [0.1, 0.15) is 6.54 Å². The standard InChI is InChI=1S/C11H11N3O4/c1-18-9-3-2-7(4-8(9)15)5-12-14-6-10(16)13-11(14)17/h2-5,15H,6H2,1H3,(H,13,16,17)/b12-5-. The van der Waals surface area contributed by atoms with E-state index in [-0.39, 0.29) is 12.3 Å². The SMILES string of the molecule is COc1ccc(/C=N\N2CC(=O)NC2=O)cc1O. The number of phenols is 1. The molecule has 7 nitrogen and oxygen atoms in total. The van der Waals surface area contributed by atoms with E-state index in [1.165, 1.54) is 19.4 Å². The number of rotatable bonds is 3. The van der Waals surface area contributed by atoms with Crippen LogP contribution in [-0.2, 0) is 4.79 Å². The third-order valence-electron chi connectivity index (χ3n) is 2.32. The van der Waals surface area contributed by atoms with Gasteiger partial charge in [-0.15, -0.1) is 0 Å². The number of carbonyl (C=O) groups is 2. The van der Waals surface area contributed by atoms with Gasteiger partial charge < -0.3 is 9.84 Å². The number of carbonyl (C=O) groups excluding carboxylic acids is 2. The van der Waals surface area contributed by atoms with Crippen molar-refractivity contribution in [1.29, 1.82) is 0 Å². The predicted molar refractivity (Wildman–Crippen MR) is 62.5 cm³/mol. The van der Waals surface area contributed by atoms with Crippen molar-refractivity contribution in [3.8, 4) is 11.5 Å². The van der Waals surface area contributed by atoms with Gasteiger partial charge in [-0.3, -0.25) is 10.1 Å². The third-order valence-corrected chi connectivity index (χ3v) is 2.32. The second kappa shape index (κ2) is 4.74. The molecule has 0 atom stereocenters.